The van der Waals surface area contributed by atoms with Gasteiger partial charge in [-0.15, -0.1) is 0 Å². The Morgan fingerprint density at radius 1 is 1.38 bits per heavy atom. The van der Waals surface area contributed by atoms with Gasteiger partial charge in [-0.1, -0.05) is 6.07 Å². The highest BCUT2D eigenvalue weighted by atomic mass is 19.1. The minimum Gasteiger partial charge on any atom is -0.490 e. The van der Waals surface area contributed by atoms with Gasteiger partial charge in [-0.3, -0.25) is 0 Å². The highest BCUT2D eigenvalue weighted by molar-refractivity contribution is 5.22. The fraction of sp³-hybridized carbons (Fsp3) is 0.500. The molecule has 0 aliphatic carbocycles. The van der Waals surface area contributed by atoms with Gasteiger partial charge in [-0.05, 0) is 12.1 Å². The quantitative estimate of drug-likeness (QED) is 0.853. The van der Waals surface area contributed by atoms with E-state index in [4.69, 9.17) is 9.47 Å². The van der Waals surface area contributed by atoms with Crippen LogP contribution in [0.3, 0.4) is 0 Å². The number of hydrogen-bond donors (Lipinski definition) is 1. The van der Waals surface area contributed by atoms with Crippen LogP contribution in [0.25, 0.3) is 0 Å². The highest BCUT2D eigenvalue weighted by Gasteiger charge is 2.30. The van der Waals surface area contributed by atoms with Crippen molar-refractivity contribution >= 4 is 0 Å². The summed E-state index contributed by atoms with van der Waals surface area (Å²) < 4.78 is 23.4. The van der Waals surface area contributed by atoms with Gasteiger partial charge in [-0.2, -0.15) is 0 Å². The largest absolute Gasteiger partial charge is 0.490 e. The van der Waals surface area contributed by atoms with E-state index >= 15 is 0 Å². The summed E-state index contributed by atoms with van der Waals surface area (Å²) in [4.78, 5) is 0. The zero-order chi connectivity index (χ0) is 11.4. The molecule has 0 saturated carbocycles. The third kappa shape index (κ3) is 2.93. The Bertz CT molecular complexity index is 348. The number of ether oxygens (including phenoxy) is 2. The van der Waals surface area contributed by atoms with Crippen LogP contribution in [0.4, 0.5) is 4.39 Å². The van der Waals surface area contributed by atoms with Gasteiger partial charge in [0.2, 0.25) is 0 Å². The zero-order valence-corrected chi connectivity index (χ0v) is 8.99. The van der Waals surface area contributed by atoms with Gasteiger partial charge in [0.25, 0.3) is 0 Å². The maximum Gasteiger partial charge on any atom is 0.126 e. The van der Waals surface area contributed by atoms with Crippen molar-refractivity contribution in [3.8, 4) is 5.75 Å². The van der Waals surface area contributed by atoms with E-state index in [1.807, 2.05) is 0 Å². The summed E-state index contributed by atoms with van der Waals surface area (Å²) in [5, 5.41) is 10.1. The van der Waals surface area contributed by atoms with Crippen LogP contribution in [-0.2, 0) is 4.74 Å². The molecule has 16 heavy (non-hydrogen) atoms. The molecule has 0 aromatic heterocycles. The van der Waals surface area contributed by atoms with E-state index in [-0.39, 0.29) is 12.4 Å². The molecule has 3 nitrogen and oxygen atoms in total. The predicted molar refractivity (Wildman–Crippen MR) is 56.9 cm³/mol. The molecule has 0 bridgehead atoms. The average molecular weight is 226 g/mol. The Hall–Kier alpha value is -1.13. The molecule has 0 unspecified atom stereocenters. The third-order valence-corrected chi connectivity index (χ3v) is 2.73. The Kier molecular flexibility index (Phi) is 3.41. The van der Waals surface area contributed by atoms with E-state index in [1.54, 1.807) is 12.1 Å². The molecule has 0 atom stereocenters. The van der Waals surface area contributed by atoms with Crippen LogP contribution in [0.2, 0.25) is 0 Å². The minimum absolute atomic E-state index is 0.180. The van der Waals surface area contributed by atoms with Crippen molar-refractivity contribution in [1.29, 1.82) is 0 Å². The van der Waals surface area contributed by atoms with Crippen molar-refractivity contribution in [2.45, 2.75) is 18.4 Å². The summed E-state index contributed by atoms with van der Waals surface area (Å²) in [5.41, 5.74) is -0.843. The van der Waals surface area contributed by atoms with Gasteiger partial charge in [0.1, 0.15) is 23.8 Å². The fourth-order valence-electron chi connectivity index (χ4n) is 1.67. The molecule has 2 rings (SSSR count). The summed E-state index contributed by atoms with van der Waals surface area (Å²) in [5.74, 6) is 0.108. The van der Waals surface area contributed by atoms with Crippen molar-refractivity contribution in [2.24, 2.45) is 0 Å². The lowest BCUT2D eigenvalue weighted by Crippen LogP contribution is -2.41. The van der Waals surface area contributed by atoms with Crippen LogP contribution < -0.4 is 4.74 Å². The monoisotopic (exact) mass is 226 g/mol. The highest BCUT2D eigenvalue weighted by Crippen LogP contribution is 2.22. The van der Waals surface area contributed by atoms with E-state index in [0.29, 0.717) is 31.8 Å². The lowest BCUT2D eigenvalue weighted by atomic mass is 9.96. The molecule has 0 radical (unpaired) electrons. The smallest absolute Gasteiger partial charge is 0.126 e. The standard InChI is InChI=1S/C12H15FO3/c13-10-2-1-3-11(8-10)16-9-12(14)4-6-15-7-5-12/h1-3,8,14H,4-7,9H2. The minimum atomic E-state index is -0.843. The SMILES string of the molecule is OC1(COc2cccc(F)c2)CCOCC1. The van der Waals surface area contributed by atoms with Gasteiger partial charge >= 0.3 is 0 Å². The van der Waals surface area contributed by atoms with Crippen LogP contribution in [0.5, 0.6) is 5.75 Å². The molecule has 1 saturated heterocycles. The summed E-state index contributed by atoms with van der Waals surface area (Å²) in [7, 11) is 0. The summed E-state index contributed by atoms with van der Waals surface area (Å²) in [6, 6.07) is 5.92. The van der Waals surface area contributed by atoms with Crippen molar-refractivity contribution < 1.29 is 19.0 Å². The van der Waals surface area contributed by atoms with Gasteiger partial charge in [0.05, 0.1) is 0 Å². The van der Waals surface area contributed by atoms with Crippen molar-refractivity contribution in [3.05, 3.63) is 30.1 Å². The third-order valence-electron chi connectivity index (χ3n) is 2.73. The molecule has 1 fully saturated rings. The Morgan fingerprint density at radius 3 is 2.81 bits per heavy atom. The topological polar surface area (TPSA) is 38.7 Å². The molecule has 1 N–H and O–H groups in total. The molecule has 1 aliphatic rings. The molecule has 1 aliphatic heterocycles. The first-order valence-corrected chi connectivity index (χ1v) is 5.36. The van der Waals surface area contributed by atoms with Gasteiger partial charge in [0.15, 0.2) is 0 Å². The van der Waals surface area contributed by atoms with Gasteiger partial charge in [0, 0.05) is 32.1 Å². The molecule has 4 heteroatoms. The van der Waals surface area contributed by atoms with Crippen molar-refractivity contribution in [2.75, 3.05) is 19.8 Å². The van der Waals surface area contributed by atoms with Crippen LogP contribution in [0.15, 0.2) is 24.3 Å². The fourth-order valence-corrected chi connectivity index (χ4v) is 1.67. The second-order valence-electron chi connectivity index (χ2n) is 4.08. The molecule has 1 heterocycles. The van der Waals surface area contributed by atoms with Crippen LogP contribution in [-0.4, -0.2) is 30.5 Å². The molecule has 0 spiro atoms. The Balaban J connectivity index is 1.91. The first kappa shape index (κ1) is 11.4. The summed E-state index contributed by atoms with van der Waals surface area (Å²) >= 11 is 0. The Labute approximate surface area is 93.8 Å². The number of halogens is 1. The second kappa shape index (κ2) is 4.80. The first-order valence-electron chi connectivity index (χ1n) is 5.36. The average Bonchev–Trinajstić information content (AvgIpc) is 2.28. The second-order valence-corrected chi connectivity index (χ2v) is 4.08. The van der Waals surface area contributed by atoms with E-state index in [9.17, 15) is 9.50 Å². The van der Waals surface area contributed by atoms with Gasteiger partial charge in [-0.25, -0.2) is 4.39 Å². The maximum absolute atomic E-state index is 12.9. The lowest BCUT2D eigenvalue weighted by Gasteiger charge is -2.31. The van der Waals surface area contributed by atoms with Crippen LogP contribution >= 0.6 is 0 Å². The molecule has 88 valence electrons. The molecule has 0 amide bonds. The number of rotatable bonds is 3. The summed E-state index contributed by atoms with van der Waals surface area (Å²) in [6.45, 7) is 1.27. The molecule has 1 aromatic carbocycles. The zero-order valence-electron chi connectivity index (χ0n) is 8.99. The van der Waals surface area contributed by atoms with Gasteiger partial charge < -0.3 is 14.6 Å². The van der Waals surface area contributed by atoms with E-state index in [2.05, 4.69) is 0 Å². The number of benzene rings is 1. The van der Waals surface area contributed by atoms with Crippen LogP contribution in [0.1, 0.15) is 12.8 Å². The Morgan fingerprint density at radius 2 is 2.12 bits per heavy atom. The van der Waals surface area contributed by atoms with E-state index in [1.165, 1.54) is 12.1 Å². The normalized spacial score (nSPS) is 19.4. The first-order chi connectivity index (χ1) is 7.68. The molecule has 1 aromatic rings. The van der Waals surface area contributed by atoms with E-state index < -0.39 is 5.60 Å². The molecular weight excluding hydrogens is 211 g/mol. The predicted octanol–water partition coefficient (Wildman–Crippen LogP) is 1.75. The van der Waals surface area contributed by atoms with Crippen molar-refractivity contribution in [3.63, 3.8) is 0 Å². The van der Waals surface area contributed by atoms with Crippen molar-refractivity contribution in [1.82, 2.24) is 0 Å². The summed E-state index contributed by atoms with van der Waals surface area (Å²) in [6.07, 6.45) is 1.12. The molecular formula is C12H15FO3. The number of hydrogen-bond acceptors (Lipinski definition) is 3. The lowest BCUT2D eigenvalue weighted by molar-refractivity contribution is -0.0856. The van der Waals surface area contributed by atoms with Crippen LogP contribution in [0, 0.1) is 5.82 Å². The van der Waals surface area contributed by atoms with E-state index in [0.717, 1.165) is 0 Å². The number of aliphatic hydroxyl groups is 1. The maximum atomic E-state index is 12.9.